The fourth-order valence-electron chi connectivity index (χ4n) is 3.74. The lowest BCUT2D eigenvalue weighted by molar-refractivity contribution is 0.116. The highest BCUT2D eigenvalue weighted by molar-refractivity contribution is 5.38. The maximum absolute atomic E-state index is 10.0. The molecule has 0 aliphatic heterocycles. The minimum absolute atomic E-state index is 0.0116. The monoisotopic (exact) mass is 434 g/mol. The Kier molecular flexibility index (Phi) is 12.0. The molecule has 174 valence electrons. The summed E-state index contributed by atoms with van der Waals surface area (Å²) in [6.07, 6.45) is 26.2. The fourth-order valence-corrected chi connectivity index (χ4v) is 3.74. The van der Waals surface area contributed by atoms with E-state index in [0.717, 1.165) is 24.0 Å². The predicted octanol–water partition coefficient (Wildman–Crippen LogP) is 7.49. The highest BCUT2D eigenvalue weighted by Crippen LogP contribution is 2.41. The third-order valence-corrected chi connectivity index (χ3v) is 5.53. The van der Waals surface area contributed by atoms with Crippen molar-refractivity contribution in [1.82, 2.24) is 0 Å². The van der Waals surface area contributed by atoms with Crippen LogP contribution >= 0.6 is 0 Å². The Hall–Kier alpha value is -2.42. The van der Waals surface area contributed by atoms with Gasteiger partial charge in [0, 0.05) is 0 Å². The number of hydrogen-bond acceptors (Lipinski definition) is 2. The SMILES string of the molecule is CC(C=CC=C(C)C=CC1=C(C)C[C@@H](O)CC1(C)C)=CC=CC=C(C)C=CC=C(C)CO. The van der Waals surface area contributed by atoms with Gasteiger partial charge in [-0.3, -0.25) is 0 Å². The number of aliphatic hydroxyl groups excluding tert-OH is 2. The molecule has 1 aliphatic rings. The molecule has 0 aromatic carbocycles. The van der Waals surface area contributed by atoms with Crippen molar-refractivity contribution in [2.24, 2.45) is 5.41 Å². The third kappa shape index (κ3) is 10.7. The largest absolute Gasteiger partial charge is 0.393 e. The van der Waals surface area contributed by atoms with E-state index in [-0.39, 0.29) is 18.1 Å². The second-order valence-corrected chi connectivity index (χ2v) is 9.48. The number of allylic oxidation sites excluding steroid dienone is 16. The van der Waals surface area contributed by atoms with Gasteiger partial charge < -0.3 is 10.2 Å². The molecule has 0 bridgehead atoms. The molecule has 0 fully saturated rings. The molecule has 0 amide bonds. The van der Waals surface area contributed by atoms with E-state index in [2.05, 4.69) is 84.1 Å². The standard InChI is InChI=1S/C30H42O2/c1-23(12-8-9-13-24(2)15-11-17-26(4)22-31)14-10-16-25(3)18-19-29-27(5)20-28(32)21-30(29,6)7/h8-19,28,31-32H,20-22H2,1-7H3/t28-/m1/s1. The molecule has 2 nitrogen and oxygen atoms in total. The first kappa shape index (κ1) is 27.6. The van der Waals surface area contributed by atoms with Crippen LogP contribution in [0.5, 0.6) is 0 Å². The number of rotatable bonds is 9. The van der Waals surface area contributed by atoms with Crippen molar-refractivity contribution >= 4 is 0 Å². The van der Waals surface area contributed by atoms with Crippen molar-refractivity contribution in [1.29, 1.82) is 0 Å². The van der Waals surface area contributed by atoms with Crippen molar-refractivity contribution in [2.45, 2.75) is 67.4 Å². The van der Waals surface area contributed by atoms with Crippen LogP contribution in [0.4, 0.5) is 0 Å². The van der Waals surface area contributed by atoms with Crippen LogP contribution in [0.25, 0.3) is 0 Å². The molecule has 1 aliphatic carbocycles. The lowest BCUT2D eigenvalue weighted by atomic mass is 9.71. The first-order valence-electron chi connectivity index (χ1n) is 11.4. The van der Waals surface area contributed by atoms with Crippen molar-refractivity contribution < 1.29 is 10.2 Å². The molecular formula is C30H42O2. The van der Waals surface area contributed by atoms with Gasteiger partial charge >= 0.3 is 0 Å². The van der Waals surface area contributed by atoms with E-state index >= 15 is 0 Å². The molecule has 0 unspecified atom stereocenters. The van der Waals surface area contributed by atoms with Gasteiger partial charge in [-0.25, -0.2) is 0 Å². The third-order valence-electron chi connectivity index (χ3n) is 5.53. The zero-order valence-corrected chi connectivity index (χ0v) is 21.0. The van der Waals surface area contributed by atoms with Crippen molar-refractivity contribution in [2.75, 3.05) is 6.61 Å². The van der Waals surface area contributed by atoms with Gasteiger partial charge in [0.05, 0.1) is 12.7 Å². The maximum atomic E-state index is 10.0. The Morgan fingerprint density at radius 2 is 1.34 bits per heavy atom. The summed E-state index contributed by atoms with van der Waals surface area (Å²) in [6.45, 7) is 14.8. The second-order valence-electron chi connectivity index (χ2n) is 9.48. The fraction of sp³-hybridized carbons (Fsp3) is 0.400. The van der Waals surface area contributed by atoms with Crippen LogP contribution in [-0.4, -0.2) is 22.9 Å². The van der Waals surface area contributed by atoms with Crippen LogP contribution in [0, 0.1) is 5.41 Å². The lowest BCUT2D eigenvalue weighted by Crippen LogP contribution is -2.28. The van der Waals surface area contributed by atoms with Gasteiger partial charge in [-0.1, -0.05) is 109 Å². The summed E-state index contributed by atoms with van der Waals surface area (Å²) in [5.74, 6) is 0. The average molecular weight is 435 g/mol. The van der Waals surface area contributed by atoms with E-state index in [1.807, 2.05) is 37.3 Å². The van der Waals surface area contributed by atoms with Crippen molar-refractivity contribution in [3.05, 3.63) is 106 Å². The summed E-state index contributed by atoms with van der Waals surface area (Å²) in [5, 5.41) is 19.0. The van der Waals surface area contributed by atoms with E-state index in [1.165, 1.54) is 22.3 Å². The van der Waals surface area contributed by atoms with Crippen molar-refractivity contribution in [3.63, 3.8) is 0 Å². The van der Waals surface area contributed by atoms with Crippen LogP contribution in [0.15, 0.2) is 106 Å². The predicted molar refractivity (Wildman–Crippen MR) is 140 cm³/mol. The topological polar surface area (TPSA) is 40.5 Å². The first-order valence-corrected chi connectivity index (χ1v) is 11.4. The summed E-state index contributed by atoms with van der Waals surface area (Å²) in [4.78, 5) is 0. The van der Waals surface area contributed by atoms with E-state index in [0.29, 0.717) is 0 Å². The van der Waals surface area contributed by atoms with E-state index in [1.54, 1.807) is 0 Å². The van der Waals surface area contributed by atoms with Crippen LogP contribution in [0.3, 0.4) is 0 Å². The number of aliphatic hydroxyl groups is 2. The Balaban J connectivity index is 2.67. The number of hydrogen-bond donors (Lipinski definition) is 2. The van der Waals surface area contributed by atoms with E-state index in [4.69, 9.17) is 5.11 Å². The Labute approximate surface area is 196 Å². The molecule has 0 radical (unpaired) electrons. The molecule has 1 atom stereocenters. The summed E-state index contributed by atoms with van der Waals surface area (Å²) >= 11 is 0. The van der Waals surface area contributed by atoms with Crippen LogP contribution in [0.1, 0.15) is 61.3 Å². The van der Waals surface area contributed by atoms with Crippen molar-refractivity contribution in [3.8, 4) is 0 Å². The van der Waals surface area contributed by atoms with Gasteiger partial charge in [0.2, 0.25) is 0 Å². The summed E-state index contributed by atoms with van der Waals surface area (Å²) in [6, 6.07) is 0. The van der Waals surface area contributed by atoms with Gasteiger partial charge in [-0.2, -0.15) is 0 Å². The smallest absolute Gasteiger partial charge is 0.0642 e. The maximum Gasteiger partial charge on any atom is 0.0642 e. The van der Waals surface area contributed by atoms with Gasteiger partial charge in [0.1, 0.15) is 0 Å². The molecule has 0 saturated heterocycles. The molecule has 2 N–H and O–H groups in total. The van der Waals surface area contributed by atoms with Gasteiger partial charge in [0.25, 0.3) is 0 Å². The van der Waals surface area contributed by atoms with Gasteiger partial charge in [-0.15, -0.1) is 0 Å². The molecule has 0 saturated carbocycles. The van der Waals surface area contributed by atoms with E-state index < -0.39 is 0 Å². The second kappa shape index (κ2) is 13.9. The zero-order valence-electron chi connectivity index (χ0n) is 21.0. The quantitative estimate of drug-likeness (QED) is 0.369. The van der Waals surface area contributed by atoms with E-state index in [9.17, 15) is 5.11 Å². The molecular weight excluding hydrogens is 392 g/mol. The molecule has 0 aromatic heterocycles. The average Bonchev–Trinajstić information content (AvgIpc) is 2.69. The molecule has 0 aromatic rings. The summed E-state index contributed by atoms with van der Waals surface area (Å²) < 4.78 is 0. The molecule has 2 heteroatoms. The normalized spacial score (nSPS) is 21.8. The molecule has 32 heavy (non-hydrogen) atoms. The molecule has 0 heterocycles. The van der Waals surface area contributed by atoms with Gasteiger partial charge in [0.15, 0.2) is 0 Å². The van der Waals surface area contributed by atoms with Crippen LogP contribution in [0.2, 0.25) is 0 Å². The van der Waals surface area contributed by atoms with Crippen LogP contribution in [-0.2, 0) is 0 Å². The Morgan fingerprint density at radius 3 is 1.88 bits per heavy atom. The summed E-state index contributed by atoms with van der Waals surface area (Å²) in [7, 11) is 0. The van der Waals surface area contributed by atoms with Crippen LogP contribution < -0.4 is 0 Å². The molecule has 1 rings (SSSR count). The zero-order chi connectivity index (χ0) is 24.1. The Bertz CT molecular complexity index is 893. The lowest BCUT2D eigenvalue weighted by Gasteiger charge is -2.35. The van der Waals surface area contributed by atoms with Gasteiger partial charge in [-0.05, 0) is 64.0 Å². The molecule has 0 spiro atoms. The Morgan fingerprint density at radius 1 is 0.844 bits per heavy atom. The minimum atomic E-state index is -0.223. The highest BCUT2D eigenvalue weighted by Gasteiger charge is 2.31. The first-order chi connectivity index (χ1) is 15.0. The summed E-state index contributed by atoms with van der Waals surface area (Å²) in [5.41, 5.74) is 7.11. The minimum Gasteiger partial charge on any atom is -0.393 e. The highest BCUT2D eigenvalue weighted by atomic mass is 16.3.